The molecule has 1 N–H and O–H groups in total. The van der Waals surface area contributed by atoms with Crippen LogP contribution in [-0.4, -0.2) is 49.4 Å². The van der Waals surface area contributed by atoms with Gasteiger partial charge >= 0.3 is 0 Å². The van der Waals surface area contributed by atoms with Gasteiger partial charge < -0.3 is 14.5 Å². The van der Waals surface area contributed by atoms with E-state index in [2.05, 4.69) is 28.5 Å². The van der Waals surface area contributed by atoms with Gasteiger partial charge in [0.05, 0.1) is 5.69 Å². The molecule has 1 saturated heterocycles. The van der Waals surface area contributed by atoms with E-state index < -0.39 is 0 Å². The Hall–Kier alpha value is -2.93. The summed E-state index contributed by atoms with van der Waals surface area (Å²) in [5.74, 6) is 1.27. The number of halogens is 1. The predicted octanol–water partition coefficient (Wildman–Crippen LogP) is 3.33. The van der Waals surface area contributed by atoms with E-state index in [1.54, 1.807) is 6.07 Å². The maximum atomic E-state index is 14.8. The van der Waals surface area contributed by atoms with Crippen LogP contribution >= 0.6 is 0 Å². The number of ether oxygens (including phenoxy) is 1. The van der Waals surface area contributed by atoms with Crippen molar-refractivity contribution in [2.24, 2.45) is 5.10 Å². The van der Waals surface area contributed by atoms with E-state index in [1.807, 2.05) is 30.0 Å². The Kier molecular flexibility index (Phi) is 4.70. The Morgan fingerprint density at radius 2 is 1.93 bits per heavy atom. The Morgan fingerprint density at radius 3 is 2.70 bits per heavy atom. The number of hydrogen-bond acceptors (Lipinski definition) is 5. The predicted molar refractivity (Wildman–Crippen MR) is 114 cm³/mol. The van der Waals surface area contributed by atoms with Crippen LogP contribution in [-0.2, 0) is 4.79 Å². The minimum absolute atomic E-state index is 0.148. The Morgan fingerprint density at radius 1 is 1.17 bits per heavy atom. The molecule has 0 aliphatic carbocycles. The van der Waals surface area contributed by atoms with Crippen LogP contribution in [0.15, 0.2) is 41.5 Å². The molecule has 0 spiro atoms. The number of nitrogens with zero attached hydrogens (tertiary/aromatic N) is 3. The molecule has 0 aromatic heterocycles. The summed E-state index contributed by atoms with van der Waals surface area (Å²) in [6, 6.07) is 10.5. The second-order valence-corrected chi connectivity index (χ2v) is 8.30. The third kappa shape index (κ3) is 3.13. The highest BCUT2D eigenvalue weighted by Crippen LogP contribution is 2.45. The molecule has 7 heteroatoms. The molecule has 1 amide bonds. The smallest absolute Gasteiger partial charge is 0.262 e. The Labute approximate surface area is 175 Å². The highest BCUT2D eigenvalue weighted by Gasteiger charge is 2.36. The molecule has 3 aliphatic rings. The monoisotopic (exact) mass is 408 g/mol. The van der Waals surface area contributed by atoms with Crippen LogP contribution in [0.2, 0.25) is 0 Å². The minimum Gasteiger partial charge on any atom is -0.483 e. The van der Waals surface area contributed by atoms with E-state index in [0.717, 1.165) is 42.7 Å². The molecule has 0 saturated carbocycles. The van der Waals surface area contributed by atoms with Crippen LogP contribution in [0.1, 0.15) is 31.2 Å². The van der Waals surface area contributed by atoms with Gasteiger partial charge in [-0.1, -0.05) is 18.2 Å². The molecular formula is C23H25FN4O2. The fourth-order valence-corrected chi connectivity index (χ4v) is 4.66. The molecule has 6 nitrogen and oxygen atoms in total. The van der Waals surface area contributed by atoms with Crippen molar-refractivity contribution < 1.29 is 13.9 Å². The summed E-state index contributed by atoms with van der Waals surface area (Å²) >= 11 is 0. The minimum atomic E-state index is -0.384. The first kappa shape index (κ1) is 19.1. The lowest BCUT2D eigenvalue weighted by Crippen LogP contribution is -2.55. The number of piperidine rings is 1. The van der Waals surface area contributed by atoms with Crippen LogP contribution in [0.3, 0.4) is 0 Å². The number of likely N-dealkylation sites (tertiary alicyclic amines) is 1. The summed E-state index contributed by atoms with van der Waals surface area (Å²) in [6.45, 7) is 4.13. The molecule has 2 aromatic rings. The van der Waals surface area contributed by atoms with E-state index in [1.165, 1.54) is 6.07 Å². The van der Waals surface area contributed by atoms with Crippen molar-refractivity contribution in [2.75, 3.05) is 31.6 Å². The fourth-order valence-electron chi connectivity index (χ4n) is 4.66. The van der Waals surface area contributed by atoms with E-state index in [-0.39, 0.29) is 24.4 Å². The van der Waals surface area contributed by atoms with Crippen molar-refractivity contribution >= 4 is 17.4 Å². The molecule has 5 rings (SSSR count). The average Bonchev–Trinajstić information content (AvgIpc) is 2.76. The van der Waals surface area contributed by atoms with Crippen LogP contribution in [0.5, 0.6) is 5.75 Å². The lowest BCUT2D eigenvalue weighted by molar-refractivity contribution is -0.122. The second kappa shape index (κ2) is 7.40. The molecule has 3 aliphatic heterocycles. The SMILES string of the molecule is C[C@@H]1C(=O)NN=C2COc3cc(-c4ccccc4F)c(C4CCN(C)CC4)cc3N21. The molecule has 1 atom stereocenters. The van der Waals surface area contributed by atoms with Gasteiger partial charge in [0.2, 0.25) is 0 Å². The number of amides is 1. The molecule has 1 fully saturated rings. The fraction of sp³-hybridized carbons (Fsp3) is 0.391. The average molecular weight is 408 g/mol. The maximum absolute atomic E-state index is 14.8. The lowest BCUT2D eigenvalue weighted by Gasteiger charge is -2.39. The largest absolute Gasteiger partial charge is 0.483 e. The molecule has 30 heavy (non-hydrogen) atoms. The highest BCUT2D eigenvalue weighted by atomic mass is 19.1. The van der Waals surface area contributed by atoms with Crippen molar-refractivity contribution in [2.45, 2.75) is 31.7 Å². The molecule has 2 aromatic carbocycles. The maximum Gasteiger partial charge on any atom is 0.262 e. The first-order valence-corrected chi connectivity index (χ1v) is 10.4. The van der Waals surface area contributed by atoms with Gasteiger partial charge in [0, 0.05) is 5.56 Å². The van der Waals surface area contributed by atoms with Gasteiger partial charge in [0.1, 0.15) is 24.2 Å². The summed E-state index contributed by atoms with van der Waals surface area (Å²) in [7, 11) is 2.13. The van der Waals surface area contributed by atoms with Crippen LogP contribution in [0.25, 0.3) is 11.1 Å². The molecular weight excluding hydrogens is 383 g/mol. The Balaban J connectivity index is 1.67. The third-order valence-electron chi connectivity index (χ3n) is 6.41. The summed E-state index contributed by atoms with van der Waals surface area (Å²) in [4.78, 5) is 16.5. The van der Waals surface area contributed by atoms with Crippen LogP contribution in [0, 0.1) is 5.82 Å². The molecule has 156 valence electrons. The van der Waals surface area contributed by atoms with Gasteiger partial charge in [-0.3, -0.25) is 4.79 Å². The summed E-state index contributed by atoms with van der Waals surface area (Å²) in [5, 5.41) is 4.18. The number of rotatable bonds is 2. The number of fused-ring (bicyclic) bond motifs is 3. The molecule has 0 unspecified atom stereocenters. The number of carbonyl (C=O) groups excluding carboxylic acids is 1. The normalized spacial score (nSPS) is 22.0. The zero-order chi connectivity index (χ0) is 20.8. The van der Waals surface area contributed by atoms with E-state index in [0.29, 0.717) is 23.1 Å². The number of benzene rings is 2. The number of carbonyl (C=O) groups is 1. The van der Waals surface area contributed by atoms with Gasteiger partial charge in [-0.2, -0.15) is 5.10 Å². The summed E-state index contributed by atoms with van der Waals surface area (Å²) < 4.78 is 20.8. The lowest BCUT2D eigenvalue weighted by atomic mass is 9.83. The topological polar surface area (TPSA) is 57.2 Å². The number of amidine groups is 1. The van der Waals surface area contributed by atoms with Gasteiger partial charge in [0.25, 0.3) is 5.91 Å². The first-order valence-electron chi connectivity index (χ1n) is 10.4. The van der Waals surface area contributed by atoms with Gasteiger partial charge in [-0.05, 0) is 75.1 Å². The van der Waals surface area contributed by atoms with Crippen molar-refractivity contribution in [3.8, 4) is 16.9 Å². The van der Waals surface area contributed by atoms with E-state index in [9.17, 15) is 9.18 Å². The van der Waals surface area contributed by atoms with Crippen molar-refractivity contribution in [3.63, 3.8) is 0 Å². The number of nitrogens with one attached hydrogen (secondary N) is 1. The van der Waals surface area contributed by atoms with Crippen molar-refractivity contribution in [1.29, 1.82) is 0 Å². The van der Waals surface area contributed by atoms with Crippen LogP contribution in [0.4, 0.5) is 10.1 Å². The summed E-state index contributed by atoms with van der Waals surface area (Å²) in [5.41, 5.74) is 5.95. The zero-order valence-electron chi connectivity index (χ0n) is 17.2. The van der Waals surface area contributed by atoms with E-state index in [4.69, 9.17) is 4.74 Å². The zero-order valence-corrected chi connectivity index (χ0v) is 17.2. The number of anilines is 1. The highest BCUT2D eigenvalue weighted by molar-refractivity contribution is 6.09. The molecule has 0 bridgehead atoms. The quantitative estimate of drug-likeness (QED) is 0.828. The Bertz CT molecular complexity index is 1030. The first-order chi connectivity index (χ1) is 14.5. The number of hydrogen-bond donors (Lipinski definition) is 1. The molecule has 3 heterocycles. The van der Waals surface area contributed by atoms with Gasteiger partial charge in [-0.15, -0.1) is 0 Å². The molecule has 0 radical (unpaired) electrons. The number of hydrazone groups is 1. The second-order valence-electron chi connectivity index (χ2n) is 8.30. The van der Waals surface area contributed by atoms with Crippen molar-refractivity contribution in [1.82, 2.24) is 10.3 Å². The van der Waals surface area contributed by atoms with Gasteiger partial charge in [-0.25, -0.2) is 9.82 Å². The van der Waals surface area contributed by atoms with Gasteiger partial charge in [0.15, 0.2) is 5.84 Å². The standard InChI is InChI=1S/C23H25FN4O2/c1-14-23(29)26-25-22-13-30-21-12-18(16-5-3-4-6-19(16)24)17(11-20(21)28(14)22)15-7-9-27(2)10-8-15/h3-6,11-12,14-15H,7-10,13H2,1-2H3,(H,26,29)/t14-/m1/s1. The van der Waals surface area contributed by atoms with Crippen LogP contribution < -0.4 is 15.1 Å². The summed E-state index contributed by atoms with van der Waals surface area (Å²) in [6.07, 6.45) is 2.02. The third-order valence-corrected chi connectivity index (χ3v) is 6.41. The van der Waals surface area contributed by atoms with Crippen molar-refractivity contribution in [3.05, 3.63) is 47.8 Å². The van der Waals surface area contributed by atoms with E-state index >= 15 is 0 Å².